The minimum Gasteiger partial charge on any atom is -0.497 e. The summed E-state index contributed by atoms with van der Waals surface area (Å²) < 4.78 is 10.4. The summed E-state index contributed by atoms with van der Waals surface area (Å²) in [5, 5.41) is 11.8. The van der Waals surface area contributed by atoms with E-state index in [1.165, 1.54) is 0 Å². The summed E-state index contributed by atoms with van der Waals surface area (Å²) in [5.41, 5.74) is 1.10. The van der Waals surface area contributed by atoms with Gasteiger partial charge in [-0.1, -0.05) is 6.07 Å². The highest BCUT2D eigenvalue weighted by Crippen LogP contribution is 2.24. The lowest BCUT2D eigenvalue weighted by atomic mass is 10.1. The minimum atomic E-state index is -0.126. The van der Waals surface area contributed by atoms with Crippen molar-refractivity contribution in [3.8, 4) is 17.6 Å². The minimum absolute atomic E-state index is 0.126. The van der Waals surface area contributed by atoms with Crippen molar-refractivity contribution < 1.29 is 9.47 Å². The van der Waals surface area contributed by atoms with Crippen molar-refractivity contribution >= 4 is 0 Å². The lowest BCUT2D eigenvalue weighted by Crippen LogP contribution is -2.26. The van der Waals surface area contributed by atoms with Gasteiger partial charge in [0.05, 0.1) is 26.3 Å². The van der Waals surface area contributed by atoms with Gasteiger partial charge in [0.2, 0.25) is 0 Å². The van der Waals surface area contributed by atoms with E-state index in [1.807, 2.05) is 25.1 Å². The highest BCUT2D eigenvalue weighted by Gasteiger charge is 2.05. The summed E-state index contributed by atoms with van der Waals surface area (Å²) in [6.45, 7) is 2.59. The molecule has 1 aromatic carbocycles. The van der Waals surface area contributed by atoms with Gasteiger partial charge in [0.1, 0.15) is 11.5 Å². The normalized spacial score (nSPS) is 11.6. The second kappa shape index (κ2) is 6.77. The summed E-state index contributed by atoms with van der Waals surface area (Å²) in [5.74, 6) is 1.60. The Bertz CT molecular complexity index is 399. The summed E-state index contributed by atoms with van der Waals surface area (Å²) in [6.07, 6.45) is 0.819. The van der Waals surface area contributed by atoms with Gasteiger partial charge in [-0.05, 0) is 25.0 Å². The molecule has 1 aromatic rings. The molecule has 0 amide bonds. The average Bonchev–Trinajstić information content (AvgIpc) is 2.38. The van der Waals surface area contributed by atoms with Crippen LogP contribution in [0.25, 0.3) is 0 Å². The Hall–Kier alpha value is -1.73. The molecule has 92 valence electrons. The number of nitrogens with zero attached hydrogens (tertiary/aromatic N) is 1. The van der Waals surface area contributed by atoms with Gasteiger partial charge in [-0.3, -0.25) is 0 Å². The molecule has 1 rings (SSSR count). The average molecular weight is 234 g/mol. The van der Waals surface area contributed by atoms with Crippen molar-refractivity contribution in [1.29, 1.82) is 5.26 Å². The lowest BCUT2D eigenvalue weighted by Gasteiger charge is -2.11. The van der Waals surface area contributed by atoms with Crippen LogP contribution < -0.4 is 14.8 Å². The van der Waals surface area contributed by atoms with E-state index in [0.717, 1.165) is 30.0 Å². The maximum Gasteiger partial charge on any atom is 0.125 e. The van der Waals surface area contributed by atoms with Crippen LogP contribution in [-0.4, -0.2) is 26.8 Å². The van der Waals surface area contributed by atoms with E-state index in [1.54, 1.807) is 14.2 Å². The van der Waals surface area contributed by atoms with Crippen LogP contribution in [0.3, 0.4) is 0 Å². The predicted octanol–water partition coefficient (Wildman–Crippen LogP) is 1.75. The van der Waals surface area contributed by atoms with Gasteiger partial charge in [0, 0.05) is 12.6 Å². The fourth-order valence-electron chi connectivity index (χ4n) is 1.53. The number of nitriles is 1. The second-order valence-corrected chi connectivity index (χ2v) is 3.73. The summed E-state index contributed by atoms with van der Waals surface area (Å²) in [7, 11) is 3.27. The first-order chi connectivity index (χ1) is 8.21. The zero-order chi connectivity index (χ0) is 12.7. The molecule has 0 aliphatic carbocycles. The largest absolute Gasteiger partial charge is 0.497 e. The first kappa shape index (κ1) is 13.3. The van der Waals surface area contributed by atoms with E-state index in [-0.39, 0.29) is 6.04 Å². The summed E-state index contributed by atoms with van der Waals surface area (Å²) >= 11 is 0. The van der Waals surface area contributed by atoms with Crippen LogP contribution in [0.4, 0.5) is 0 Å². The van der Waals surface area contributed by atoms with Crippen LogP contribution in [0.1, 0.15) is 12.5 Å². The number of benzene rings is 1. The van der Waals surface area contributed by atoms with Crippen molar-refractivity contribution in [3.63, 3.8) is 0 Å². The van der Waals surface area contributed by atoms with Gasteiger partial charge in [-0.2, -0.15) is 5.26 Å². The topological polar surface area (TPSA) is 54.3 Å². The molecule has 0 spiro atoms. The van der Waals surface area contributed by atoms with Crippen LogP contribution in [0.2, 0.25) is 0 Å². The summed E-state index contributed by atoms with van der Waals surface area (Å²) in [4.78, 5) is 0. The maximum atomic E-state index is 8.65. The Labute approximate surface area is 102 Å². The quantitative estimate of drug-likeness (QED) is 0.814. The third-order valence-electron chi connectivity index (χ3n) is 2.53. The third kappa shape index (κ3) is 3.97. The molecule has 0 aromatic heterocycles. The van der Waals surface area contributed by atoms with Gasteiger partial charge in [0.25, 0.3) is 0 Å². The smallest absolute Gasteiger partial charge is 0.125 e. The van der Waals surface area contributed by atoms with Crippen molar-refractivity contribution in [2.75, 3.05) is 20.8 Å². The Kier molecular flexibility index (Phi) is 5.31. The lowest BCUT2D eigenvalue weighted by molar-refractivity contribution is 0.390. The molecule has 4 nitrogen and oxygen atoms in total. The van der Waals surface area contributed by atoms with E-state index in [0.29, 0.717) is 0 Å². The van der Waals surface area contributed by atoms with Crippen LogP contribution in [0.15, 0.2) is 18.2 Å². The highest BCUT2D eigenvalue weighted by atomic mass is 16.5. The zero-order valence-electron chi connectivity index (χ0n) is 10.5. The molecule has 0 heterocycles. The Balaban J connectivity index is 2.62. The number of methoxy groups -OCH3 is 2. The highest BCUT2D eigenvalue weighted by molar-refractivity contribution is 5.40. The number of rotatable bonds is 6. The number of hydrogen-bond acceptors (Lipinski definition) is 4. The molecule has 0 aliphatic rings. The molecule has 0 fully saturated rings. The molecule has 1 unspecified atom stereocenters. The van der Waals surface area contributed by atoms with Gasteiger partial charge in [0.15, 0.2) is 0 Å². The fourth-order valence-corrected chi connectivity index (χ4v) is 1.53. The van der Waals surface area contributed by atoms with E-state index in [9.17, 15) is 0 Å². The van der Waals surface area contributed by atoms with Gasteiger partial charge < -0.3 is 14.8 Å². The number of ether oxygens (including phenoxy) is 2. The first-order valence-corrected chi connectivity index (χ1v) is 5.55. The molecule has 0 radical (unpaired) electrons. The molecule has 0 bridgehead atoms. The predicted molar refractivity (Wildman–Crippen MR) is 66.3 cm³/mol. The molecule has 0 saturated heterocycles. The molecule has 1 N–H and O–H groups in total. The van der Waals surface area contributed by atoms with Crippen molar-refractivity contribution in [1.82, 2.24) is 5.32 Å². The van der Waals surface area contributed by atoms with E-state index >= 15 is 0 Å². The van der Waals surface area contributed by atoms with E-state index in [2.05, 4.69) is 11.4 Å². The van der Waals surface area contributed by atoms with E-state index < -0.39 is 0 Å². The molecular formula is C13H18N2O2. The van der Waals surface area contributed by atoms with Gasteiger partial charge in [-0.25, -0.2) is 0 Å². The molecule has 1 atom stereocenters. The Morgan fingerprint density at radius 2 is 2.12 bits per heavy atom. The van der Waals surface area contributed by atoms with Crippen LogP contribution in [0.5, 0.6) is 11.5 Å². The van der Waals surface area contributed by atoms with Crippen LogP contribution in [0, 0.1) is 11.3 Å². The van der Waals surface area contributed by atoms with E-state index in [4.69, 9.17) is 14.7 Å². The molecule has 17 heavy (non-hydrogen) atoms. The third-order valence-corrected chi connectivity index (χ3v) is 2.53. The van der Waals surface area contributed by atoms with Gasteiger partial charge in [-0.15, -0.1) is 0 Å². The molecule has 0 saturated carbocycles. The van der Waals surface area contributed by atoms with Crippen molar-refractivity contribution in [2.24, 2.45) is 0 Å². The zero-order valence-corrected chi connectivity index (χ0v) is 10.5. The standard InChI is InChI=1S/C13H18N2O2/c1-10(9-14)15-7-6-11-4-5-12(16-2)8-13(11)17-3/h4-5,8,10,15H,6-7H2,1-3H3. The number of nitrogens with one attached hydrogen (secondary N) is 1. The van der Waals surface area contributed by atoms with Crippen molar-refractivity contribution in [3.05, 3.63) is 23.8 Å². The maximum absolute atomic E-state index is 8.65. The van der Waals surface area contributed by atoms with Gasteiger partial charge >= 0.3 is 0 Å². The van der Waals surface area contributed by atoms with Crippen molar-refractivity contribution in [2.45, 2.75) is 19.4 Å². The molecule has 0 aliphatic heterocycles. The van der Waals surface area contributed by atoms with Crippen LogP contribution in [-0.2, 0) is 6.42 Å². The second-order valence-electron chi connectivity index (χ2n) is 3.73. The first-order valence-electron chi connectivity index (χ1n) is 5.55. The van der Waals surface area contributed by atoms with Crippen LogP contribution >= 0.6 is 0 Å². The SMILES string of the molecule is COc1ccc(CCNC(C)C#N)c(OC)c1. The molecular weight excluding hydrogens is 216 g/mol. The Morgan fingerprint density at radius 3 is 2.71 bits per heavy atom. The Morgan fingerprint density at radius 1 is 1.35 bits per heavy atom. The fraction of sp³-hybridized carbons (Fsp3) is 0.462. The molecule has 4 heteroatoms. The number of hydrogen-bond donors (Lipinski definition) is 1. The monoisotopic (exact) mass is 234 g/mol. The summed E-state index contributed by atoms with van der Waals surface area (Å²) in [6, 6.07) is 7.76.